The molecular weight excluding hydrogens is 188 g/mol. The van der Waals surface area contributed by atoms with E-state index in [-0.39, 0.29) is 0 Å². The van der Waals surface area contributed by atoms with Gasteiger partial charge in [-0.1, -0.05) is 13.3 Å². The quantitative estimate of drug-likeness (QED) is 0.762. The smallest absolute Gasteiger partial charge is 0.0622 e. The zero-order valence-corrected chi connectivity index (χ0v) is 10.0. The molecule has 3 atom stereocenters. The fourth-order valence-electron chi connectivity index (χ4n) is 2.82. The summed E-state index contributed by atoms with van der Waals surface area (Å²) in [4.78, 5) is 2.69. The molecule has 3 unspecified atom stereocenters. The van der Waals surface area contributed by atoms with Gasteiger partial charge in [-0.2, -0.15) is 0 Å². The first-order chi connectivity index (χ1) is 7.31. The molecule has 2 aliphatic rings. The van der Waals surface area contributed by atoms with Crippen LogP contribution in [0.15, 0.2) is 0 Å². The average molecular weight is 212 g/mol. The Hall–Kier alpha value is -0.120. The summed E-state index contributed by atoms with van der Waals surface area (Å²) >= 11 is 0. The Morgan fingerprint density at radius 3 is 3.00 bits per heavy atom. The molecule has 0 amide bonds. The lowest BCUT2D eigenvalue weighted by Gasteiger charge is -2.42. The summed E-state index contributed by atoms with van der Waals surface area (Å²) in [6.07, 6.45) is 3.83. The fourth-order valence-corrected chi connectivity index (χ4v) is 2.82. The first-order valence-corrected chi connectivity index (χ1v) is 6.38. The van der Waals surface area contributed by atoms with E-state index in [9.17, 15) is 0 Å². The summed E-state index contributed by atoms with van der Waals surface area (Å²) in [5.41, 5.74) is 0. The highest BCUT2D eigenvalue weighted by molar-refractivity contribution is 4.89. The Labute approximate surface area is 93.2 Å². The van der Waals surface area contributed by atoms with Crippen molar-refractivity contribution >= 4 is 0 Å². The summed E-state index contributed by atoms with van der Waals surface area (Å²) in [7, 11) is 0. The van der Waals surface area contributed by atoms with E-state index in [4.69, 9.17) is 4.74 Å². The van der Waals surface area contributed by atoms with Crippen molar-refractivity contribution in [3.8, 4) is 0 Å². The monoisotopic (exact) mass is 212 g/mol. The van der Waals surface area contributed by atoms with Gasteiger partial charge < -0.3 is 10.1 Å². The zero-order valence-electron chi connectivity index (χ0n) is 10.0. The average Bonchev–Trinajstić information content (AvgIpc) is 2.74. The molecule has 88 valence electrons. The third kappa shape index (κ3) is 2.71. The SMILES string of the molecule is CCCC1CNC(C)CN1C1CCOC1. The molecule has 2 rings (SSSR count). The predicted molar refractivity (Wildman–Crippen MR) is 62.1 cm³/mol. The summed E-state index contributed by atoms with van der Waals surface area (Å²) in [5, 5.41) is 3.59. The topological polar surface area (TPSA) is 24.5 Å². The highest BCUT2D eigenvalue weighted by Gasteiger charge is 2.32. The highest BCUT2D eigenvalue weighted by atomic mass is 16.5. The molecule has 0 saturated carbocycles. The van der Waals surface area contributed by atoms with Gasteiger partial charge in [-0.15, -0.1) is 0 Å². The van der Waals surface area contributed by atoms with Gasteiger partial charge in [-0.3, -0.25) is 4.90 Å². The maximum Gasteiger partial charge on any atom is 0.0622 e. The van der Waals surface area contributed by atoms with Crippen LogP contribution in [-0.4, -0.2) is 49.3 Å². The minimum Gasteiger partial charge on any atom is -0.380 e. The van der Waals surface area contributed by atoms with Crippen LogP contribution in [0.4, 0.5) is 0 Å². The molecule has 2 aliphatic heterocycles. The van der Waals surface area contributed by atoms with Crippen LogP contribution in [-0.2, 0) is 4.74 Å². The molecule has 2 fully saturated rings. The van der Waals surface area contributed by atoms with E-state index in [1.165, 1.54) is 25.8 Å². The molecule has 0 radical (unpaired) electrons. The van der Waals surface area contributed by atoms with Crippen LogP contribution in [0.3, 0.4) is 0 Å². The molecule has 0 bridgehead atoms. The molecule has 0 aromatic carbocycles. The molecule has 0 aromatic rings. The maximum absolute atomic E-state index is 5.51. The fraction of sp³-hybridized carbons (Fsp3) is 1.00. The van der Waals surface area contributed by atoms with Crippen molar-refractivity contribution in [2.45, 2.75) is 51.2 Å². The standard InChI is InChI=1S/C12H24N2O/c1-3-4-11-7-13-10(2)8-14(11)12-5-6-15-9-12/h10-13H,3-9H2,1-2H3. The van der Waals surface area contributed by atoms with Gasteiger partial charge >= 0.3 is 0 Å². The van der Waals surface area contributed by atoms with Gasteiger partial charge in [0.25, 0.3) is 0 Å². The van der Waals surface area contributed by atoms with Crippen LogP contribution in [0.25, 0.3) is 0 Å². The van der Waals surface area contributed by atoms with E-state index in [1.807, 2.05) is 0 Å². The number of nitrogens with one attached hydrogen (secondary N) is 1. The van der Waals surface area contributed by atoms with Crippen LogP contribution in [0, 0.1) is 0 Å². The Balaban J connectivity index is 1.95. The summed E-state index contributed by atoms with van der Waals surface area (Å²) < 4.78 is 5.51. The first-order valence-electron chi connectivity index (χ1n) is 6.38. The summed E-state index contributed by atoms with van der Waals surface area (Å²) in [5.74, 6) is 0. The highest BCUT2D eigenvalue weighted by Crippen LogP contribution is 2.20. The molecule has 3 nitrogen and oxygen atoms in total. The Morgan fingerprint density at radius 2 is 2.33 bits per heavy atom. The Morgan fingerprint density at radius 1 is 1.47 bits per heavy atom. The van der Waals surface area contributed by atoms with Gasteiger partial charge in [0.15, 0.2) is 0 Å². The van der Waals surface area contributed by atoms with Crippen molar-refractivity contribution < 1.29 is 4.74 Å². The lowest BCUT2D eigenvalue weighted by molar-refractivity contribution is 0.0687. The number of hydrogen-bond donors (Lipinski definition) is 1. The van der Waals surface area contributed by atoms with E-state index in [1.54, 1.807) is 0 Å². The van der Waals surface area contributed by atoms with E-state index in [2.05, 4.69) is 24.1 Å². The largest absolute Gasteiger partial charge is 0.380 e. The van der Waals surface area contributed by atoms with E-state index in [0.717, 1.165) is 25.8 Å². The van der Waals surface area contributed by atoms with Gasteiger partial charge in [0.1, 0.15) is 0 Å². The lowest BCUT2D eigenvalue weighted by Crippen LogP contribution is -2.58. The van der Waals surface area contributed by atoms with Gasteiger partial charge in [0.05, 0.1) is 6.61 Å². The van der Waals surface area contributed by atoms with Gasteiger partial charge in [0, 0.05) is 37.8 Å². The molecular formula is C12H24N2O. The molecule has 0 spiro atoms. The van der Waals surface area contributed by atoms with Crippen LogP contribution in [0.5, 0.6) is 0 Å². The van der Waals surface area contributed by atoms with Crippen LogP contribution < -0.4 is 5.32 Å². The second-order valence-corrected chi connectivity index (χ2v) is 4.97. The van der Waals surface area contributed by atoms with Gasteiger partial charge in [-0.05, 0) is 19.8 Å². The lowest BCUT2D eigenvalue weighted by atomic mass is 10.0. The number of ether oxygens (including phenoxy) is 1. The minimum atomic E-state index is 0.638. The molecule has 15 heavy (non-hydrogen) atoms. The molecule has 2 saturated heterocycles. The minimum absolute atomic E-state index is 0.638. The van der Waals surface area contributed by atoms with Crippen molar-refractivity contribution in [3.63, 3.8) is 0 Å². The van der Waals surface area contributed by atoms with Crippen molar-refractivity contribution in [1.82, 2.24) is 10.2 Å². The summed E-state index contributed by atoms with van der Waals surface area (Å²) in [6.45, 7) is 8.82. The second kappa shape index (κ2) is 5.28. The Bertz CT molecular complexity index is 192. The first kappa shape index (κ1) is 11.4. The zero-order chi connectivity index (χ0) is 10.7. The maximum atomic E-state index is 5.51. The number of piperazine rings is 1. The van der Waals surface area contributed by atoms with E-state index < -0.39 is 0 Å². The molecule has 0 aromatic heterocycles. The number of nitrogens with zero attached hydrogens (tertiary/aromatic N) is 1. The van der Waals surface area contributed by atoms with Crippen LogP contribution >= 0.6 is 0 Å². The molecule has 0 aliphatic carbocycles. The van der Waals surface area contributed by atoms with Crippen LogP contribution in [0.1, 0.15) is 33.1 Å². The molecule has 1 N–H and O–H groups in total. The number of rotatable bonds is 3. The van der Waals surface area contributed by atoms with Gasteiger partial charge in [-0.25, -0.2) is 0 Å². The third-order valence-electron chi connectivity index (χ3n) is 3.65. The van der Waals surface area contributed by atoms with Gasteiger partial charge in [0.2, 0.25) is 0 Å². The summed E-state index contributed by atoms with van der Waals surface area (Å²) in [6, 6.07) is 2.06. The van der Waals surface area contributed by atoms with E-state index in [0.29, 0.717) is 12.1 Å². The van der Waals surface area contributed by atoms with E-state index >= 15 is 0 Å². The van der Waals surface area contributed by atoms with Crippen LogP contribution in [0.2, 0.25) is 0 Å². The van der Waals surface area contributed by atoms with Crippen molar-refractivity contribution in [2.24, 2.45) is 0 Å². The Kier molecular flexibility index (Phi) is 4.00. The third-order valence-corrected chi connectivity index (χ3v) is 3.65. The van der Waals surface area contributed by atoms with Crippen molar-refractivity contribution in [2.75, 3.05) is 26.3 Å². The normalized spacial score (nSPS) is 38.4. The molecule has 2 heterocycles. The second-order valence-electron chi connectivity index (χ2n) is 4.97. The number of hydrogen-bond acceptors (Lipinski definition) is 3. The van der Waals surface area contributed by atoms with Crippen molar-refractivity contribution in [1.29, 1.82) is 0 Å². The van der Waals surface area contributed by atoms with Crippen molar-refractivity contribution in [3.05, 3.63) is 0 Å². The molecule has 3 heteroatoms. The predicted octanol–water partition coefficient (Wildman–Crippen LogP) is 1.24.